The van der Waals surface area contributed by atoms with Gasteiger partial charge < -0.3 is 8.98 Å². The number of aryl methyl sites for hydroxylation is 4. The Bertz CT molecular complexity index is 768. The van der Waals surface area contributed by atoms with Crippen LogP contribution in [0, 0.1) is 6.92 Å². The lowest BCUT2D eigenvalue weighted by Crippen LogP contribution is -2.08. The second kappa shape index (κ2) is 5.56. The van der Waals surface area contributed by atoms with Crippen molar-refractivity contribution in [3.05, 3.63) is 35.2 Å². The molecule has 0 aliphatic carbocycles. The van der Waals surface area contributed by atoms with Crippen molar-refractivity contribution >= 4 is 22.8 Å². The predicted octanol–water partition coefficient (Wildman–Crippen LogP) is 3.06. The lowest BCUT2D eigenvalue weighted by molar-refractivity contribution is 0.467. The molecule has 0 aromatic carbocycles. The Hall–Kier alpha value is -1.75. The minimum Gasteiger partial charge on any atom is -0.464 e. The highest BCUT2D eigenvalue weighted by atomic mass is 35.5. The van der Waals surface area contributed by atoms with Gasteiger partial charge in [0.25, 0.3) is 0 Å². The van der Waals surface area contributed by atoms with Gasteiger partial charge in [-0.3, -0.25) is 4.68 Å². The van der Waals surface area contributed by atoms with Crippen LogP contribution in [0.2, 0.25) is 0 Å². The molecule has 3 heterocycles. The van der Waals surface area contributed by atoms with Crippen LogP contribution < -0.4 is 0 Å². The highest BCUT2D eigenvalue weighted by molar-refractivity contribution is 6.17. The summed E-state index contributed by atoms with van der Waals surface area (Å²) in [5.74, 6) is 3.37. The van der Waals surface area contributed by atoms with Crippen molar-refractivity contribution in [2.75, 3.05) is 5.88 Å². The zero-order valence-corrected chi connectivity index (χ0v) is 13.3. The summed E-state index contributed by atoms with van der Waals surface area (Å²) in [6.45, 7) is 4.70. The Morgan fingerprint density at radius 2 is 2.14 bits per heavy atom. The largest absolute Gasteiger partial charge is 0.464 e. The molecule has 0 spiro atoms. The lowest BCUT2D eigenvalue weighted by atomic mass is 10.3. The van der Waals surface area contributed by atoms with E-state index in [4.69, 9.17) is 21.0 Å². The number of fused-ring (bicyclic) bond motifs is 1. The van der Waals surface area contributed by atoms with E-state index in [0.29, 0.717) is 12.4 Å². The number of rotatable bonds is 5. The van der Waals surface area contributed by atoms with Crippen molar-refractivity contribution in [2.24, 2.45) is 7.05 Å². The summed E-state index contributed by atoms with van der Waals surface area (Å²) < 4.78 is 9.75. The fraction of sp³-hybridized carbons (Fsp3) is 0.467. The van der Waals surface area contributed by atoms with Crippen molar-refractivity contribution in [3.8, 4) is 0 Å². The molecule has 0 radical (unpaired) electrons. The van der Waals surface area contributed by atoms with Crippen molar-refractivity contribution in [3.63, 3.8) is 0 Å². The first-order valence-corrected chi connectivity index (χ1v) is 7.69. The summed E-state index contributed by atoms with van der Waals surface area (Å²) >= 11 is 5.92. The third-order valence-corrected chi connectivity index (χ3v) is 3.82. The molecule has 3 aromatic rings. The molecule has 3 rings (SSSR count). The molecule has 112 valence electrons. The Balaban J connectivity index is 2.13. The normalized spacial score (nSPS) is 11.6. The van der Waals surface area contributed by atoms with Crippen LogP contribution in [0.3, 0.4) is 0 Å². The van der Waals surface area contributed by atoms with Crippen LogP contribution in [-0.2, 0) is 26.4 Å². The predicted molar refractivity (Wildman–Crippen MR) is 82.8 cm³/mol. The number of hydrogen-bond acceptors (Lipinski definition) is 3. The summed E-state index contributed by atoms with van der Waals surface area (Å²) in [5, 5.41) is 4.55. The molecule has 5 nitrogen and oxygen atoms in total. The van der Waals surface area contributed by atoms with Gasteiger partial charge >= 0.3 is 0 Å². The molecule has 0 saturated carbocycles. The third kappa shape index (κ3) is 2.46. The first kappa shape index (κ1) is 14.2. The highest BCUT2D eigenvalue weighted by Crippen LogP contribution is 2.22. The summed E-state index contributed by atoms with van der Waals surface area (Å²) in [6, 6.07) is 3.98. The molecule has 0 atom stereocenters. The van der Waals surface area contributed by atoms with Crippen molar-refractivity contribution < 1.29 is 4.42 Å². The molecule has 21 heavy (non-hydrogen) atoms. The number of alkyl halides is 1. The van der Waals surface area contributed by atoms with Gasteiger partial charge in [-0.05, 0) is 25.5 Å². The van der Waals surface area contributed by atoms with Crippen LogP contribution in [-0.4, -0.2) is 25.2 Å². The van der Waals surface area contributed by atoms with E-state index in [1.165, 1.54) is 0 Å². The van der Waals surface area contributed by atoms with E-state index in [0.717, 1.165) is 47.0 Å². The van der Waals surface area contributed by atoms with Gasteiger partial charge in [0.05, 0.1) is 12.2 Å². The van der Waals surface area contributed by atoms with Crippen molar-refractivity contribution in [1.29, 1.82) is 0 Å². The first-order valence-electron chi connectivity index (χ1n) is 7.16. The molecule has 0 bridgehead atoms. The van der Waals surface area contributed by atoms with E-state index < -0.39 is 0 Å². The second-order valence-corrected chi connectivity index (χ2v) is 5.54. The maximum atomic E-state index is 5.92. The van der Waals surface area contributed by atoms with Crippen LogP contribution in [0.4, 0.5) is 0 Å². The fourth-order valence-electron chi connectivity index (χ4n) is 2.69. The van der Waals surface area contributed by atoms with Crippen LogP contribution >= 0.6 is 11.6 Å². The average Bonchev–Trinajstić information content (AvgIpc) is 3.09. The van der Waals surface area contributed by atoms with Gasteiger partial charge in [0.2, 0.25) is 0 Å². The molecule has 3 aromatic heterocycles. The Morgan fingerprint density at radius 3 is 2.76 bits per heavy atom. The van der Waals surface area contributed by atoms with Gasteiger partial charge in [0.1, 0.15) is 22.9 Å². The second-order valence-electron chi connectivity index (χ2n) is 5.16. The zero-order valence-electron chi connectivity index (χ0n) is 12.6. The molecule has 6 heteroatoms. The van der Waals surface area contributed by atoms with Gasteiger partial charge in [-0.25, -0.2) is 4.98 Å². The zero-order chi connectivity index (χ0) is 15.0. The monoisotopic (exact) mass is 306 g/mol. The molecule has 0 aliphatic heterocycles. The van der Waals surface area contributed by atoms with Gasteiger partial charge in [-0.2, -0.15) is 5.10 Å². The van der Waals surface area contributed by atoms with E-state index >= 15 is 0 Å². The van der Waals surface area contributed by atoms with Gasteiger partial charge in [-0.1, -0.05) is 6.92 Å². The average molecular weight is 307 g/mol. The lowest BCUT2D eigenvalue weighted by Gasteiger charge is -2.07. The van der Waals surface area contributed by atoms with Crippen LogP contribution in [0.15, 0.2) is 16.5 Å². The molecule has 0 N–H and O–H groups in total. The Morgan fingerprint density at radius 1 is 1.33 bits per heavy atom. The van der Waals surface area contributed by atoms with Crippen LogP contribution in [0.25, 0.3) is 11.2 Å². The molecule has 0 aliphatic rings. The summed E-state index contributed by atoms with van der Waals surface area (Å²) in [4.78, 5) is 4.75. The number of hydrogen-bond donors (Lipinski definition) is 0. The summed E-state index contributed by atoms with van der Waals surface area (Å²) in [6.07, 6.45) is 1.60. The topological polar surface area (TPSA) is 48.8 Å². The maximum absolute atomic E-state index is 5.92. The van der Waals surface area contributed by atoms with Crippen molar-refractivity contribution in [1.82, 2.24) is 19.3 Å². The van der Waals surface area contributed by atoms with Gasteiger partial charge in [0.15, 0.2) is 5.65 Å². The molecular formula is C15H19ClN4O. The minimum absolute atomic E-state index is 0.551. The number of imidazole rings is 1. The highest BCUT2D eigenvalue weighted by Gasteiger charge is 2.19. The van der Waals surface area contributed by atoms with Crippen molar-refractivity contribution in [2.45, 2.75) is 33.2 Å². The number of halogens is 1. The SMILES string of the molecule is CCc1nn(C)c2c1nc(CCCl)n2Cc1ccc(C)o1. The number of furan rings is 1. The van der Waals surface area contributed by atoms with Gasteiger partial charge in [0, 0.05) is 19.3 Å². The number of aromatic nitrogens is 4. The first-order chi connectivity index (χ1) is 10.1. The van der Waals surface area contributed by atoms with E-state index in [9.17, 15) is 0 Å². The minimum atomic E-state index is 0.551. The van der Waals surface area contributed by atoms with E-state index in [1.807, 2.05) is 30.8 Å². The van der Waals surface area contributed by atoms with Crippen LogP contribution in [0.1, 0.15) is 30.0 Å². The van der Waals surface area contributed by atoms with Gasteiger partial charge in [-0.15, -0.1) is 11.6 Å². The summed E-state index contributed by atoms with van der Waals surface area (Å²) in [5.41, 5.74) is 3.03. The molecule has 0 saturated heterocycles. The van der Waals surface area contributed by atoms with Crippen LogP contribution in [0.5, 0.6) is 0 Å². The van der Waals surface area contributed by atoms with E-state index in [1.54, 1.807) is 0 Å². The summed E-state index contributed by atoms with van der Waals surface area (Å²) in [7, 11) is 1.96. The molecule has 0 unspecified atom stereocenters. The smallest absolute Gasteiger partial charge is 0.159 e. The molecule has 0 amide bonds. The quantitative estimate of drug-likeness (QED) is 0.681. The maximum Gasteiger partial charge on any atom is 0.159 e. The third-order valence-electron chi connectivity index (χ3n) is 3.63. The fourth-order valence-corrected chi connectivity index (χ4v) is 2.86. The number of nitrogens with zero attached hydrogens (tertiary/aromatic N) is 4. The molecular weight excluding hydrogens is 288 g/mol. The molecule has 0 fully saturated rings. The Labute approximate surface area is 128 Å². The van der Waals surface area contributed by atoms with E-state index in [-0.39, 0.29) is 0 Å². The standard InChI is InChI=1S/C15H19ClN4O/c1-4-12-14-15(19(3)18-12)20(13(17-14)7-8-16)9-11-6-5-10(2)21-11/h5-6H,4,7-9H2,1-3H3. The van der Waals surface area contributed by atoms with E-state index in [2.05, 4.69) is 16.6 Å². The Kier molecular flexibility index (Phi) is 3.76.